The zero-order chi connectivity index (χ0) is 52.3. The third kappa shape index (κ3) is 8.10. The predicted octanol–water partition coefficient (Wildman–Crippen LogP) is 2.75. The number of hydrogen-bond donors (Lipinski definition) is 6. The number of para-hydroxylation sites is 1. The second-order valence-corrected chi connectivity index (χ2v) is 21.5. The number of ketones is 2. The number of aromatic amines is 1. The fourth-order valence-electron chi connectivity index (χ4n) is 14.5. The first-order chi connectivity index (χ1) is 35.6. The van der Waals surface area contributed by atoms with Gasteiger partial charge in [0.15, 0.2) is 5.60 Å². The first kappa shape index (κ1) is 51.6. The van der Waals surface area contributed by atoms with Crippen molar-refractivity contribution >= 4 is 51.8 Å². The Balaban J connectivity index is 0.916. The zero-order valence-electron chi connectivity index (χ0n) is 42.8. The molecule has 18 heteroatoms. The maximum absolute atomic E-state index is 15.2. The average Bonchev–Trinajstić information content (AvgIpc) is 4.23. The van der Waals surface area contributed by atoms with E-state index in [4.69, 9.17) is 9.47 Å². The van der Waals surface area contributed by atoms with Gasteiger partial charge in [0.2, 0.25) is 0 Å². The summed E-state index contributed by atoms with van der Waals surface area (Å²) in [6.45, 7) is 8.83. The van der Waals surface area contributed by atoms with E-state index in [1.165, 1.54) is 17.7 Å². The first-order valence-corrected chi connectivity index (χ1v) is 26.3. The molecule has 7 heterocycles. The van der Waals surface area contributed by atoms with Crippen LogP contribution in [0.15, 0.2) is 72.4 Å². The van der Waals surface area contributed by atoms with Gasteiger partial charge in [0.1, 0.15) is 24.3 Å². The summed E-state index contributed by atoms with van der Waals surface area (Å²) < 4.78 is 11.1. The van der Waals surface area contributed by atoms with Gasteiger partial charge < -0.3 is 34.7 Å². The van der Waals surface area contributed by atoms with Crippen molar-refractivity contribution in [3.8, 4) is 0 Å². The van der Waals surface area contributed by atoms with Crippen molar-refractivity contribution in [3.05, 3.63) is 100 Å². The van der Waals surface area contributed by atoms with Crippen LogP contribution in [0, 0.1) is 11.3 Å². The van der Waals surface area contributed by atoms with Crippen molar-refractivity contribution in [3.63, 3.8) is 0 Å². The molecule has 6 N–H and O–H groups in total. The van der Waals surface area contributed by atoms with Crippen molar-refractivity contribution in [1.29, 1.82) is 0 Å². The van der Waals surface area contributed by atoms with Gasteiger partial charge in [-0.3, -0.25) is 54.3 Å². The Morgan fingerprint density at radius 3 is 2.46 bits per heavy atom. The van der Waals surface area contributed by atoms with E-state index in [0.29, 0.717) is 62.1 Å². The van der Waals surface area contributed by atoms with Crippen LogP contribution in [0.4, 0.5) is 5.69 Å². The largest absolute Gasteiger partial charge is 0.392 e. The first-order valence-electron chi connectivity index (χ1n) is 26.3. The van der Waals surface area contributed by atoms with Crippen molar-refractivity contribution in [2.24, 2.45) is 11.3 Å². The van der Waals surface area contributed by atoms with Crippen molar-refractivity contribution < 1.29 is 53.6 Å². The van der Waals surface area contributed by atoms with E-state index in [1.807, 2.05) is 48.2 Å². The molecule has 1 aromatic heterocycles. The van der Waals surface area contributed by atoms with E-state index in [-0.39, 0.29) is 69.3 Å². The highest BCUT2D eigenvalue weighted by molar-refractivity contribution is 6.13. The van der Waals surface area contributed by atoms with Crippen LogP contribution < -0.4 is 15.8 Å². The van der Waals surface area contributed by atoms with Crippen LogP contribution in [0.25, 0.3) is 10.9 Å². The van der Waals surface area contributed by atoms with E-state index >= 15 is 4.79 Å². The highest BCUT2D eigenvalue weighted by Crippen LogP contribution is 2.67. The number of aliphatic hydroxyl groups is 3. The number of rotatable bonds is 18. The summed E-state index contributed by atoms with van der Waals surface area (Å²) in [6, 6.07) is 10.7. The van der Waals surface area contributed by atoms with E-state index in [1.54, 1.807) is 14.0 Å². The normalized spacial score (nSPS) is 30.6. The number of likely N-dealkylation sites (N-methyl/N-ethyl adjacent to an activating group) is 1. The molecule has 18 nitrogen and oxygen atoms in total. The number of nitrogens with zero attached hydrogens (tertiary/aromatic N) is 4. The number of nitrogens with one attached hydrogen (secondary N) is 3. The SMILES string of the molecule is CCC1=CC2CN(C1)Cc1c([nH]c3ccccc13)[C@@](C(C)=O)(c1cc3c(cc1CO)N(C)C1[C@]34CCN3CC=C[C@](CC)(C34)[C@@H](O)[C@]1(O)C(=O)NNC(=O)COCCOCCCC(=O)CCN1C(=O)C=CC1=O)C2. The Morgan fingerprint density at radius 1 is 0.946 bits per heavy atom. The highest BCUT2D eigenvalue weighted by atomic mass is 16.5. The molecule has 9 atom stereocenters. The number of carbonyl (C=O) groups is 6. The average molecular weight is 1020 g/mol. The molecule has 3 aromatic rings. The number of imide groups is 1. The second-order valence-electron chi connectivity index (χ2n) is 21.5. The monoisotopic (exact) mass is 1020 g/mol. The predicted molar refractivity (Wildman–Crippen MR) is 273 cm³/mol. The molecule has 2 fully saturated rings. The minimum absolute atomic E-state index is 0.0228. The molecule has 0 radical (unpaired) electrons. The number of anilines is 1. The van der Waals surface area contributed by atoms with Gasteiger partial charge >= 0.3 is 0 Å². The number of ether oxygens (including phenoxy) is 2. The minimum Gasteiger partial charge on any atom is -0.392 e. The topological polar surface area (TPSA) is 234 Å². The number of hydrazine groups is 1. The lowest BCUT2D eigenvalue weighted by molar-refractivity contribution is -0.204. The Hall–Kier alpha value is -5.86. The van der Waals surface area contributed by atoms with Crippen LogP contribution in [-0.4, -0.2) is 160 Å². The van der Waals surface area contributed by atoms with Gasteiger partial charge in [-0.1, -0.05) is 61.9 Å². The van der Waals surface area contributed by atoms with Crippen molar-refractivity contribution in [2.75, 3.05) is 71.1 Å². The number of aliphatic hydroxyl groups excluding tert-OH is 2. The number of amides is 4. The van der Waals surface area contributed by atoms with Gasteiger partial charge in [-0.05, 0) is 85.9 Å². The van der Waals surface area contributed by atoms with Crippen molar-refractivity contribution in [2.45, 2.75) is 113 Å². The van der Waals surface area contributed by atoms with Crippen LogP contribution in [0.2, 0.25) is 0 Å². The molecule has 74 heavy (non-hydrogen) atoms. The fraction of sp³-hybridized carbons (Fsp3) is 0.536. The summed E-state index contributed by atoms with van der Waals surface area (Å²) in [4.78, 5) is 90.5. The molecule has 6 aliphatic heterocycles. The standard InChI is InChI=1S/C56H69N7O11/c1-5-35-25-36-28-55(34(3)65,48-40(31-61(29-35)30-36)39-12-7-8-13-43(39)57-48)41-27-42-44(26-37(41)32-64)60(4)50-54(42)18-21-62-19-10-17-53(6-2,49(54)62)51(70)56(50,72)52(71)59-58-45(67)33-74-24-23-73-22-9-11-38(66)16-20-63-46(68)14-15-47(63)69/h7-8,10,12-15,17,25-27,36,49-51,57,64,70,72H,5-6,9,11,16,18-24,28-33H2,1-4H3,(H,58,67)(H,59,71)/t36?,49?,50?,51-,53-,54-,55+,56+/m1/s1. The fourth-order valence-corrected chi connectivity index (χ4v) is 14.5. The number of Topliss-reactive ketones (excluding diaryl/α,β-unsaturated/α-hetero) is 2. The van der Waals surface area contributed by atoms with Gasteiger partial charge in [0, 0.05) is 111 Å². The van der Waals surface area contributed by atoms with Crippen LogP contribution in [0.1, 0.15) is 93.7 Å². The molecule has 394 valence electrons. The van der Waals surface area contributed by atoms with Gasteiger partial charge in [-0.25, -0.2) is 0 Å². The van der Waals surface area contributed by atoms with Crippen molar-refractivity contribution in [1.82, 2.24) is 30.5 Å². The van der Waals surface area contributed by atoms with Crippen LogP contribution in [0.5, 0.6) is 0 Å². The lowest BCUT2D eigenvalue weighted by Crippen LogP contribution is -2.82. The lowest BCUT2D eigenvalue weighted by Gasteiger charge is -2.63. The molecule has 10 rings (SSSR count). The van der Waals surface area contributed by atoms with Gasteiger partial charge in [0.05, 0.1) is 31.3 Å². The molecule has 2 bridgehead atoms. The Kier molecular flexibility index (Phi) is 14.0. The molecule has 1 saturated carbocycles. The van der Waals surface area contributed by atoms with Gasteiger partial charge in [0.25, 0.3) is 23.6 Å². The molecule has 1 saturated heterocycles. The number of carbonyl (C=O) groups excluding carboxylic acids is 6. The quantitative estimate of drug-likeness (QED) is 0.0466. The number of H-pyrrole nitrogens is 1. The Bertz CT molecular complexity index is 2860. The smallest absolute Gasteiger partial charge is 0.275 e. The van der Waals surface area contributed by atoms with E-state index in [9.17, 15) is 39.3 Å². The zero-order valence-corrected chi connectivity index (χ0v) is 42.8. The molecule has 1 aliphatic carbocycles. The molecular weight excluding hydrogens is 947 g/mol. The third-order valence-electron chi connectivity index (χ3n) is 17.7. The summed E-state index contributed by atoms with van der Waals surface area (Å²) in [7, 11) is 1.80. The molecule has 4 unspecified atom stereocenters. The summed E-state index contributed by atoms with van der Waals surface area (Å²) in [6.07, 6.45) is 9.94. The van der Waals surface area contributed by atoms with E-state index in [0.717, 1.165) is 52.1 Å². The summed E-state index contributed by atoms with van der Waals surface area (Å²) in [5.41, 5.74) is 5.87. The maximum Gasteiger partial charge on any atom is 0.275 e. The van der Waals surface area contributed by atoms with Crippen LogP contribution in [0.3, 0.4) is 0 Å². The number of fused-ring (bicyclic) bond motifs is 6. The van der Waals surface area contributed by atoms with Gasteiger partial charge in [-0.2, -0.15) is 0 Å². The van der Waals surface area contributed by atoms with E-state index in [2.05, 4.69) is 50.8 Å². The summed E-state index contributed by atoms with van der Waals surface area (Å²) in [5.74, 6) is -2.70. The van der Waals surface area contributed by atoms with E-state index < -0.39 is 64.2 Å². The molecule has 2 aromatic carbocycles. The molecule has 4 amide bonds. The molecule has 1 spiro atoms. The minimum atomic E-state index is -2.52. The van der Waals surface area contributed by atoms with Gasteiger partial charge in [-0.15, -0.1) is 0 Å². The maximum atomic E-state index is 15.2. The molecular formula is C56H69N7O11. The number of benzene rings is 2. The summed E-state index contributed by atoms with van der Waals surface area (Å²) >= 11 is 0. The number of hydrogen-bond acceptors (Lipinski definition) is 14. The lowest BCUT2D eigenvalue weighted by atomic mass is 9.47. The number of aromatic nitrogens is 1. The van der Waals surface area contributed by atoms with Crippen LogP contribution in [-0.2, 0) is 62.2 Å². The Morgan fingerprint density at radius 2 is 1.72 bits per heavy atom. The highest BCUT2D eigenvalue weighted by Gasteiger charge is 2.78. The second kappa shape index (κ2) is 20.0. The van der Waals surface area contributed by atoms with Crippen LogP contribution >= 0.6 is 0 Å². The Labute approximate surface area is 430 Å². The third-order valence-corrected chi connectivity index (χ3v) is 17.7. The molecule has 7 aliphatic rings. The summed E-state index contributed by atoms with van der Waals surface area (Å²) in [5, 5.41) is 38.8.